The van der Waals surface area contributed by atoms with E-state index in [9.17, 15) is 0 Å². The van der Waals surface area contributed by atoms with Crippen LogP contribution in [0.5, 0.6) is 0 Å². The van der Waals surface area contributed by atoms with Crippen molar-refractivity contribution in [3.63, 3.8) is 0 Å². The minimum absolute atomic E-state index is 0.124. The Bertz CT molecular complexity index is 114. The maximum atomic E-state index is 5.95. The molecule has 0 radical (unpaired) electrons. The van der Waals surface area contributed by atoms with Crippen LogP contribution in [0.3, 0.4) is 0 Å². The van der Waals surface area contributed by atoms with Gasteiger partial charge in [-0.15, -0.1) is 11.6 Å². The van der Waals surface area contributed by atoms with Crippen molar-refractivity contribution in [3.05, 3.63) is 0 Å². The van der Waals surface area contributed by atoms with E-state index < -0.39 is 0 Å². The molecule has 1 unspecified atom stereocenters. The summed E-state index contributed by atoms with van der Waals surface area (Å²) in [5.74, 6) is 0. The van der Waals surface area contributed by atoms with Crippen LogP contribution < -0.4 is 5.32 Å². The zero-order chi connectivity index (χ0) is 10.6. The van der Waals surface area contributed by atoms with Crippen LogP contribution in [-0.2, 0) is 9.47 Å². The fourth-order valence-corrected chi connectivity index (χ4v) is 1.33. The molecule has 1 N–H and O–H groups in total. The number of methoxy groups -OCH3 is 1. The van der Waals surface area contributed by atoms with E-state index in [4.69, 9.17) is 21.1 Å². The van der Waals surface area contributed by atoms with Crippen LogP contribution in [0.2, 0.25) is 0 Å². The molecule has 0 spiro atoms. The molecule has 0 bridgehead atoms. The van der Waals surface area contributed by atoms with Crippen LogP contribution >= 0.6 is 11.6 Å². The Morgan fingerprint density at radius 2 is 2.14 bits per heavy atom. The highest BCUT2D eigenvalue weighted by atomic mass is 35.5. The van der Waals surface area contributed by atoms with Crippen molar-refractivity contribution in [2.45, 2.75) is 25.1 Å². The van der Waals surface area contributed by atoms with Crippen LogP contribution in [0, 0.1) is 0 Å². The molecule has 0 fully saturated rings. The van der Waals surface area contributed by atoms with E-state index in [0.717, 1.165) is 39.1 Å². The van der Waals surface area contributed by atoms with Crippen molar-refractivity contribution in [2.75, 3.05) is 40.0 Å². The van der Waals surface area contributed by atoms with Gasteiger partial charge in [0.1, 0.15) is 0 Å². The molecule has 0 heterocycles. The lowest BCUT2D eigenvalue weighted by Crippen LogP contribution is -2.22. The standard InChI is InChI=1S/C10H22ClNO2/c1-3-14-8-4-6-12-7-5-10(11)9-13-2/h10,12H,3-9H2,1-2H3. The molecule has 0 saturated heterocycles. The first kappa shape index (κ1) is 14.2. The van der Waals surface area contributed by atoms with E-state index >= 15 is 0 Å². The first-order valence-corrected chi connectivity index (χ1v) is 5.66. The molecule has 14 heavy (non-hydrogen) atoms. The van der Waals surface area contributed by atoms with Gasteiger partial charge in [0.15, 0.2) is 0 Å². The lowest BCUT2D eigenvalue weighted by atomic mass is 10.3. The Hall–Kier alpha value is 0.170. The molecule has 0 aromatic rings. The molecular weight excluding hydrogens is 202 g/mol. The summed E-state index contributed by atoms with van der Waals surface area (Å²) in [7, 11) is 1.67. The Balaban J connectivity index is 2.98. The summed E-state index contributed by atoms with van der Waals surface area (Å²) in [5.41, 5.74) is 0. The number of hydrogen-bond donors (Lipinski definition) is 1. The number of ether oxygens (including phenoxy) is 2. The van der Waals surface area contributed by atoms with E-state index in [-0.39, 0.29) is 5.38 Å². The Morgan fingerprint density at radius 1 is 1.36 bits per heavy atom. The topological polar surface area (TPSA) is 30.5 Å². The largest absolute Gasteiger partial charge is 0.383 e. The molecule has 0 aliphatic rings. The van der Waals surface area contributed by atoms with Crippen molar-refractivity contribution in [3.8, 4) is 0 Å². The second-order valence-electron chi connectivity index (χ2n) is 3.14. The summed E-state index contributed by atoms with van der Waals surface area (Å²) in [5, 5.41) is 3.44. The predicted octanol–water partition coefficient (Wildman–Crippen LogP) is 1.65. The van der Waals surface area contributed by atoms with Crippen LogP contribution in [-0.4, -0.2) is 45.4 Å². The zero-order valence-corrected chi connectivity index (χ0v) is 9.98. The maximum Gasteiger partial charge on any atom is 0.0626 e. The van der Waals surface area contributed by atoms with Gasteiger partial charge < -0.3 is 14.8 Å². The van der Waals surface area contributed by atoms with Crippen LogP contribution in [0.4, 0.5) is 0 Å². The summed E-state index contributed by atoms with van der Waals surface area (Å²) in [6.07, 6.45) is 2.01. The van der Waals surface area contributed by atoms with Crippen molar-refractivity contribution < 1.29 is 9.47 Å². The average Bonchev–Trinajstić information content (AvgIpc) is 2.17. The predicted molar refractivity (Wildman–Crippen MR) is 60.1 cm³/mol. The quantitative estimate of drug-likeness (QED) is 0.451. The van der Waals surface area contributed by atoms with Crippen molar-refractivity contribution in [1.29, 1.82) is 0 Å². The molecular formula is C10H22ClNO2. The molecule has 0 aliphatic carbocycles. The Morgan fingerprint density at radius 3 is 2.79 bits per heavy atom. The van der Waals surface area contributed by atoms with Crippen molar-refractivity contribution >= 4 is 11.6 Å². The van der Waals surface area contributed by atoms with E-state index in [1.165, 1.54) is 0 Å². The number of nitrogens with one attached hydrogen (secondary N) is 1. The van der Waals surface area contributed by atoms with Gasteiger partial charge in [0.2, 0.25) is 0 Å². The lowest BCUT2D eigenvalue weighted by molar-refractivity contribution is 0.144. The van der Waals surface area contributed by atoms with Gasteiger partial charge >= 0.3 is 0 Å². The van der Waals surface area contributed by atoms with Gasteiger partial charge in [-0.2, -0.15) is 0 Å². The van der Waals surface area contributed by atoms with Crippen LogP contribution in [0.1, 0.15) is 19.8 Å². The third-order valence-electron chi connectivity index (χ3n) is 1.83. The Labute approximate surface area is 92.1 Å². The molecule has 0 saturated carbocycles. The van der Waals surface area contributed by atoms with Gasteiger partial charge in [0.05, 0.1) is 12.0 Å². The van der Waals surface area contributed by atoms with Gasteiger partial charge in [-0.05, 0) is 32.9 Å². The van der Waals surface area contributed by atoms with E-state index in [2.05, 4.69) is 5.32 Å². The number of halogens is 1. The van der Waals surface area contributed by atoms with Crippen molar-refractivity contribution in [1.82, 2.24) is 5.32 Å². The summed E-state index contributed by atoms with van der Waals surface area (Å²) in [6, 6.07) is 0. The average molecular weight is 224 g/mol. The first-order chi connectivity index (χ1) is 6.81. The molecule has 0 aromatic carbocycles. The fraction of sp³-hybridized carbons (Fsp3) is 1.00. The van der Waals surface area contributed by atoms with E-state index in [1.807, 2.05) is 6.92 Å². The van der Waals surface area contributed by atoms with Crippen molar-refractivity contribution in [2.24, 2.45) is 0 Å². The number of alkyl halides is 1. The molecule has 4 heteroatoms. The molecule has 0 aliphatic heterocycles. The van der Waals surface area contributed by atoms with E-state index in [0.29, 0.717) is 6.61 Å². The highest BCUT2D eigenvalue weighted by molar-refractivity contribution is 6.20. The zero-order valence-electron chi connectivity index (χ0n) is 9.22. The maximum absolute atomic E-state index is 5.95. The highest BCUT2D eigenvalue weighted by Crippen LogP contribution is 2.00. The van der Waals surface area contributed by atoms with E-state index in [1.54, 1.807) is 7.11 Å². The molecule has 0 aromatic heterocycles. The number of hydrogen-bond acceptors (Lipinski definition) is 3. The number of rotatable bonds is 10. The molecule has 3 nitrogen and oxygen atoms in total. The minimum Gasteiger partial charge on any atom is -0.383 e. The summed E-state index contributed by atoms with van der Waals surface area (Å²) in [4.78, 5) is 0. The van der Waals surface area contributed by atoms with Crippen LogP contribution in [0.15, 0.2) is 0 Å². The highest BCUT2D eigenvalue weighted by Gasteiger charge is 2.01. The molecule has 0 rings (SSSR count). The first-order valence-electron chi connectivity index (χ1n) is 5.22. The molecule has 0 amide bonds. The smallest absolute Gasteiger partial charge is 0.0626 e. The van der Waals surface area contributed by atoms with Gasteiger partial charge in [0, 0.05) is 20.3 Å². The Kier molecular flexibility index (Phi) is 11.4. The third kappa shape index (κ3) is 10.3. The summed E-state index contributed by atoms with van der Waals surface area (Å²) < 4.78 is 10.1. The SMILES string of the molecule is CCOCCCNCCC(Cl)COC. The molecule has 86 valence electrons. The second kappa shape index (κ2) is 11.2. The van der Waals surface area contributed by atoms with Crippen LogP contribution in [0.25, 0.3) is 0 Å². The fourth-order valence-electron chi connectivity index (χ4n) is 1.09. The normalized spacial score (nSPS) is 13.1. The lowest BCUT2D eigenvalue weighted by Gasteiger charge is -2.08. The second-order valence-corrected chi connectivity index (χ2v) is 3.76. The summed E-state index contributed by atoms with van der Waals surface area (Å²) >= 11 is 5.95. The van der Waals surface area contributed by atoms with Gasteiger partial charge in [-0.1, -0.05) is 0 Å². The van der Waals surface area contributed by atoms with Gasteiger partial charge in [0.25, 0.3) is 0 Å². The third-order valence-corrected chi connectivity index (χ3v) is 2.17. The summed E-state index contributed by atoms with van der Waals surface area (Å²) in [6.45, 7) is 6.22. The minimum atomic E-state index is 0.124. The molecule has 1 atom stereocenters. The van der Waals surface area contributed by atoms with Gasteiger partial charge in [-0.25, -0.2) is 0 Å². The van der Waals surface area contributed by atoms with Gasteiger partial charge in [-0.3, -0.25) is 0 Å². The monoisotopic (exact) mass is 223 g/mol.